The van der Waals surface area contributed by atoms with Crippen molar-refractivity contribution < 1.29 is 14.3 Å². The zero-order valence-electron chi connectivity index (χ0n) is 11.7. The molecular formula is C15H13FN4O2. The fourth-order valence-electron chi connectivity index (χ4n) is 2.11. The van der Waals surface area contributed by atoms with Crippen LogP contribution in [0, 0.1) is 5.82 Å². The van der Waals surface area contributed by atoms with E-state index in [-0.39, 0.29) is 29.7 Å². The summed E-state index contributed by atoms with van der Waals surface area (Å²) in [5.74, 6) is -0.0965. The molecule has 3 aromatic rings. The van der Waals surface area contributed by atoms with E-state index in [0.29, 0.717) is 16.9 Å². The number of aromatic hydroxyl groups is 1. The standard InChI is InChI=1S/C15H13FN4O2/c1-20(15(22)12-5-3-10(21)7-17-12)8-14-18-11-4-2-9(16)6-13(11)19-14/h2-7,21H,8H2,1H3,(H,18,19). The third-order valence-corrected chi connectivity index (χ3v) is 3.19. The molecule has 1 amide bonds. The smallest absolute Gasteiger partial charge is 0.272 e. The molecule has 112 valence electrons. The van der Waals surface area contributed by atoms with E-state index in [2.05, 4.69) is 15.0 Å². The summed E-state index contributed by atoms with van der Waals surface area (Å²) >= 11 is 0. The van der Waals surface area contributed by atoms with Gasteiger partial charge in [-0.05, 0) is 30.3 Å². The molecule has 0 saturated heterocycles. The normalized spacial score (nSPS) is 10.8. The number of aromatic nitrogens is 3. The molecule has 0 atom stereocenters. The largest absolute Gasteiger partial charge is 0.506 e. The van der Waals surface area contributed by atoms with Crippen LogP contribution in [-0.4, -0.2) is 37.9 Å². The average Bonchev–Trinajstić information content (AvgIpc) is 2.88. The highest BCUT2D eigenvalue weighted by molar-refractivity contribution is 5.92. The van der Waals surface area contributed by atoms with Gasteiger partial charge in [-0.25, -0.2) is 14.4 Å². The molecule has 0 radical (unpaired) electrons. The zero-order valence-corrected chi connectivity index (χ0v) is 11.7. The second-order valence-corrected chi connectivity index (χ2v) is 4.91. The summed E-state index contributed by atoms with van der Waals surface area (Å²) in [5, 5.41) is 9.18. The molecule has 0 fully saturated rings. The molecular weight excluding hydrogens is 287 g/mol. The Morgan fingerprint density at radius 1 is 1.36 bits per heavy atom. The van der Waals surface area contributed by atoms with Crippen molar-refractivity contribution in [3.63, 3.8) is 0 Å². The van der Waals surface area contributed by atoms with Crippen LogP contribution < -0.4 is 0 Å². The molecule has 0 aliphatic carbocycles. The summed E-state index contributed by atoms with van der Waals surface area (Å²) < 4.78 is 13.1. The van der Waals surface area contributed by atoms with Gasteiger partial charge in [0.05, 0.1) is 23.8 Å². The van der Waals surface area contributed by atoms with Gasteiger partial charge in [0, 0.05) is 7.05 Å². The fourth-order valence-corrected chi connectivity index (χ4v) is 2.11. The number of rotatable bonds is 3. The van der Waals surface area contributed by atoms with Gasteiger partial charge in [-0.3, -0.25) is 4.79 Å². The molecule has 2 aromatic heterocycles. The third-order valence-electron chi connectivity index (χ3n) is 3.19. The number of amides is 1. The van der Waals surface area contributed by atoms with Gasteiger partial charge in [0.25, 0.3) is 5.91 Å². The molecule has 0 unspecified atom stereocenters. The first-order chi connectivity index (χ1) is 10.5. The summed E-state index contributed by atoms with van der Waals surface area (Å²) in [6.07, 6.45) is 1.21. The predicted molar refractivity (Wildman–Crippen MR) is 77.8 cm³/mol. The molecule has 7 heteroatoms. The first-order valence-corrected chi connectivity index (χ1v) is 6.57. The number of carbonyl (C=O) groups excluding carboxylic acids is 1. The maximum absolute atomic E-state index is 13.1. The van der Waals surface area contributed by atoms with Crippen molar-refractivity contribution >= 4 is 16.9 Å². The van der Waals surface area contributed by atoms with E-state index in [4.69, 9.17) is 0 Å². The summed E-state index contributed by atoms with van der Waals surface area (Å²) in [6.45, 7) is 0.234. The molecule has 0 aliphatic heterocycles. The Labute approximate surface area is 125 Å². The zero-order chi connectivity index (χ0) is 15.7. The summed E-state index contributed by atoms with van der Waals surface area (Å²) in [4.78, 5) is 24.8. The molecule has 3 rings (SSSR count). The van der Waals surface area contributed by atoms with E-state index in [1.165, 1.54) is 35.4 Å². The number of carbonyl (C=O) groups is 1. The van der Waals surface area contributed by atoms with Crippen LogP contribution in [-0.2, 0) is 6.54 Å². The molecule has 0 aliphatic rings. The highest BCUT2D eigenvalue weighted by Crippen LogP contribution is 2.14. The van der Waals surface area contributed by atoms with Gasteiger partial charge >= 0.3 is 0 Å². The van der Waals surface area contributed by atoms with E-state index >= 15 is 0 Å². The van der Waals surface area contributed by atoms with Crippen LogP contribution in [0.4, 0.5) is 4.39 Å². The minimum Gasteiger partial charge on any atom is -0.506 e. The van der Waals surface area contributed by atoms with Crippen molar-refractivity contribution in [3.8, 4) is 5.75 Å². The Kier molecular flexibility index (Phi) is 3.46. The predicted octanol–water partition coefficient (Wildman–Crippen LogP) is 2.07. The number of nitrogens with one attached hydrogen (secondary N) is 1. The van der Waals surface area contributed by atoms with Gasteiger partial charge in [0.1, 0.15) is 23.1 Å². The first kappa shape index (κ1) is 14.0. The van der Waals surface area contributed by atoms with Gasteiger partial charge in [-0.15, -0.1) is 0 Å². The maximum atomic E-state index is 13.1. The number of aromatic amines is 1. The lowest BCUT2D eigenvalue weighted by molar-refractivity contribution is 0.0776. The van der Waals surface area contributed by atoms with E-state index < -0.39 is 0 Å². The minimum absolute atomic E-state index is 0.00138. The van der Waals surface area contributed by atoms with Crippen LogP contribution >= 0.6 is 0 Å². The number of hydrogen-bond donors (Lipinski definition) is 2. The number of hydrogen-bond acceptors (Lipinski definition) is 4. The number of benzene rings is 1. The molecule has 0 spiro atoms. The van der Waals surface area contributed by atoms with Gasteiger partial charge in [0.15, 0.2) is 0 Å². The molecule has 2 N–H and O–H groups in total. The van der Waals surface area contributed by atoms with Crippen LogP contribution in [0.25, 0.3) is 11.0 Å². The van der Waals surface area contributed by atoms with Gasteiger partial charge in [-0.1, -0.05) is 0 Å². The summed E-state index contributed by atoms with van der Waals surface area (Å²) in [5.41, 5.74) is 1.45. The SMILES string of the molecule is CN(Cc1nc2ccc(F)cc2[nH]1)C(=O)c1ccc(O)cn1. The van der Waals surface area contributed by atoms with Crippen LogP contribution in [0.15, 0.2) is 36.5 Å². The van der Waals surface area contributed by atoms with Crippen molar-refractivity contribution in [2.75, 3.05) is 7.05 Å². The fraction of sp³-hybridized carbons (Fsp3) is 0.133. The van der Waals surface area contributed by atoms with Crippen LogP contribution in [0.5, 0.6) is 5.75 Å². The first-order valence-electron chi connectivity index (χ1n) is 6.57. The van der Waals surface area contributed by atoms with Crippen LogP contribution in [0.2, 0.25) is 0 Å². The van der Waals surface area contributed by atoms with Crippen LogP contribution in [0.1, 0.15) is 16.3 Å². The van der Waals surface area contributed by atoms with Crippen molar-refractivity contribution in [3.05, 3.63) is 53.9 Å². The Morgan fingerprint density at radius 3 is 2.91 bits per heavy atom. The van der Waals surface area contributed by atoms with E-state index in [9.17, 15) is 14.3 Å². The molecule has 2 heterocycles. The lowest BCUT2D eigenvalue weighted by Gasteiger charge is -2.14. The van der Waals surface area contributed by atoms with Gasteiger partial charge in [0.2, 0.25) is 0 Å². The molecule has 6 nitrogen and oxygen atoms in total. The Bertz CT molecular complexity index is 829. The van der Waals surface area contributed by atoms with Gasteiger partial charge in [-0.2, -0.15) is 0 Å². The van der Waals surface area contributed by atoms with Gasteiger partial charge < -0.3 is 15.0 Å². The summed E-state index contributed by atoms with van der Waals surface area (Å²) in [7, 11) is 1.62. The Morgan fingerprint density at radius 2 is 2.18 bits per heavy atom. The quantitative estimate of drug-likeness (QED) is 0.776. The number of fused-ring (bicyclic) bond motifs is 1. The van der Waals surface area contributed by atoms with Crippen molar-refractivity contribution in [1.82, 2.24) is 19.9 Å². The second-order valence-electron chi connectivity index (χ2n) is 4.91. The number of nitrogens with zero attached hydrogens (tertiary/aromatic N) is 3. The van der Waals surface area contributed by atoms with E-state index in [1.54, 1.807) is 13.1 Å². The monoisotopic (exact) mass is 300 g/mol. The lowest BCUT2D eigenvalue weighted by Crippen LogP contribution is -2.27. The minimum atomic E-state index is -0.347. The second kappa shape index (κ2) is 5.44. The molecule has 0 bridgehead atoms. The third kappa shape index (κ3) is 2.73. The number of H-pyrrole nitrogens is 1. The maximum Gasteiger partial charge on any atom is 0.272 e. The summed E-state index contributed by atoms with van der Waals surface area (Å²) in [6, 6.07) is 7.12. The van der Waals surface area contributed by atoms with E-state index in [1.807, 2.05) is 0 Å². The highest BCUT2D eigenvalue weighted by atomic mass is 19.1. The number of halogens is 1. The van der Waals surface area contributed by atoms with Crippen molar-refractivity contribution in [1.29, 1.82) is 0 Å². The van der Waals surface area contributed by atoms with Crippen molar-refractivity contribution in [2.45, 2.75) is 6.54 Å². The lowest BCUT2D eigenvalue weighted by atomic mass is 10.3. The topological polar surface area (TPSA) is 82.1 Å². The Balaban J connectivity index is 1.78. The van der Waals surface area contributed by atoms with Crippen LogP contribution in [0.3, 0.4) is 0 Å². The molecule has 22 heavy (non-hydrogen) atoms. The van der Waals surface area contributed by atoms with E-state index in [0.717, 1.165) is 0 Å². The molecule has 0 saturated carbocycles. The Hall–Kier alpha value is -2.96. The molecule has 1 aromatic carbocycles. The highest BCUT2D eigenvalue weighted by Gasteiger charge is 2.15. The number of pyridine rings is 1. The van der Waals surface area contributed by atoms with Crippen molar-refractivity contribution in [2.24, 2.45) is 0 Å². The number of imidazole rings is 1. The average molecular weight is 300 g/mol.